The van der Waals surface area contributed by atoms with E-state index in [2.05, 4.69) is 21.0 Å². The van der Waals surface area contributed by atoms with Crippen LogP contribution in [0.4, 0.5) is 25.0 Å². The fourth-order valence-electron chi connectivity index (χ4n) is 4.37. The SMILES string of the molecule is COC(=O)C1CCCN1CCOc1ccc(NC(=O)Nc2ccc(F)cc2F)cc1C1=CCNN1C. The Bertz CT molecular complexity index is 1160. The van der Waals surface area contributed by atoms with Gasteiger partial charge in [0.25, 0.3) is 0 Å². The van der Waals surface area contributed by atoms with Gasteiger partial charge in [0, 0.05) is 37.5 Å². The Labute approximate surface area is 208 Å². The van der Waals surface area contributed by atoms with E-state index >= 15 is 0 Å². The fraction of sp³-hybridized carbons (Fsp3) is 0.360. The first-order chi connectivity index (χ1) is 17.4. The molecule has 2 aliphatic heterocycles. The zero-order valence-corrected chi connectivity index (χ0v) is 20.1. The summed E-state index contributed by atoms with van der Waals surface area (Å²) in [5.41, 5.74) is 5.12. The molecule has 1 atom stereocenters. The van der Waals surface area contributed by atoms with E-state index in [9.17, 15) is 18.4 Å². The molecule has 0 bridgehead atoms. The molecule has 2 aromatic rings. The number of methoxy groups -OCH3 is 1. The Morgan fingerprint density at radius 1 is 1.17 bits per heavy atom. The molecule has 11 heteroatoms. The number of halogens is 2. The maximum Gasteiger partial charge on any atom is 0.323 e. The zero-order valence-electron chi connectivity index (χ0n) is 20.1. The van der Waals surface area contributed by atoms with Crippen molar-refractivity contribution in [2.75, 3.05) is 51.0 Å². The number of benzene rings is 2. The van der Waals surface area contributed by atoms with Crippen LogP contribution in [0.5, 0.6) is 5.75 Å². The number of hydrazine groups is 1. The summed E-state index contributed by atoms with van der Waals surface area (Å²) in [6, 6.07) is 7.18. The Balaban J connectivity index is 1.45. The van der Waals surface area contributed by atoms with E-state index in [1.54, 1.807) is 18.2 Å². The summed E-state index contributed by atoms with van der Waals surface area (Å²) in [6.45, 7) is 2.38. The van der Waals surface area contributed by atoms with Gasteiger partial charge >= 0.3 is 12.0 Å². The van der Waals surface area contributed by atoms with E-state index in [0.29, 0.717) is 37.2 Å². The Morgan fingerprint density at radius 3 is 2.72 bits per heavy atom. The maximum atomic E-state index is 13.9. The fourth-order valence-corrected chi connectivity index (χ4v) is 4.37. The molecular formula is C25H29F2N5O4. The molecule has 0 spiro atoms. The molecule has 0 radical (unpaired) electrons. The predicted octanol–water partition coefficient (Wildman–Crippen LogP) is 3.42. The van der Waals surface area contributed by atoms with E-state index in [4.69, 9.17) is 9.47 Å². The molecule has 36 heavy (non-hydrogen) atoms. The summed E-state index contributed by atoms with van der Waals surface area (Å²) in [4.78, 5) is 26.5. The summed E-state index contributed by atoms with van der Waals surface area (Å²) >= 11 is 0. The van der Waals surface area contributed by atoms with E-state index in [-0.39, 0.29) is 17.7 Å². The van der Waals surface area contributed by atoms with Crippen LogP contribution in [0.1, 0.15) is 18.4 Å². The molecule has 2 heterocycles. The quantitative estimate of drug-likeness (QED) is 0.477. The second kappa shape index (κ2) is 11.4. The number of urea groups is 1. The molecule has 192 valence electrons. The maximum absolute atomic E-state index is 13.9. The number of carbonyl (C=O) groups excluding carboxylic acids is 2. The number of amides is 2. The summed E-state index contributed by atoms with van der Waals surface area (Å²) in [6.07, 6.45) is 3.69. The number of hydrogen-bond donors (Lipinski definition) is 3. The van der Waals surface area contributed by atoms with Gasteiger partial charge in [-0.05, 0) is 55.8 Å². The molecule has 9 nitrogen and oxygen atoms in total. The van der Waals surface area contributed by atoms with Gasteiger partial charge in [-0.15, -0.1) is 0 Å². The van der Waals surface area contributed by atoms with E-state index in [0.717, 1.165) is 42.8 Å². The summed E-state index contributed by atoms with van der Waals surface area (Å²) < 4.78 is 38.0. The molecule has 2 aliphatic rings. The van der Waals surface area contributed by atoms with Gasteiger partial charge in [0.1, 0.15) is 30.0 Å². The number of anilines is 2. The zero-order chi connectivity index (χ0) is 25.7. The molecule has 2 amide bonds. The lowest BCUT2D eigenvalue weighted by Gasteiger charge is -2.23. The Morgan fingerprint density at radius 2 is 2.00 bits per heavy atom. The van der Waals surface area contributed by atoms with Gasteiger partial charge in [-0.1, -0.05) is 0 Å². The number of rotatable bonds is 8. The van der Waals surface area contributed by atoms with Gasteiger partial charge in [0.15, 0.2) is 0 Å². The highest BCUT2D eigenvalue weighted by atomic mass is 19.1. The van der Waals surface area contributed by atoms with Crippen molar-refractivity contribution in [2.45, 2.75) is 18.9 Å². The molecule has 4 rings (SSSR count). The number of carbonyl (C=O) groups is 2. The summed E-state index contributed by atoms with van der Waals surface area (Å²) in [5.74, 6) is -1.22. The van der Waals surface area contributed by atoms with Gasteiger partial charge in [-0.25, -0.2) is 19.0 Å². The average molecular weight is 502 g/mol. The van der Waals surface area contributed by atoms with Crippen molar-refractivity contribution in [3.63, 3.8) is 0 Å². The number of likely N-dealkylation sites (tertiary alicyclic amines) is 1. The molecule has 1 fully saturated rings. The highest BCUT2D eigenvalue weighted by Crippen LogP contribution is 2.32. The van der Waals surface area contributed by atoms with Crippen LogP contribution >= 0.6 is 0 Å². The van der Waals surface area contributed by atoms with Crippen molar-refractivity contribution in [3.05, 3.63) is 59.7 Å². The molecule has 1 saturated heterocycles. The third-order valence-electron chi connectivity index (χ3n) is 6.15. The third kappa shape index (κ3) is 5.92. The number of nitrogens with zero attached hydrogens (tertiary/aromatic N) is 2. The van der Waals surface area contributed by atoms with Crippen LogP contribution in [0.2, 0.25) is 0 Å². The van der Waals surface area contributed by atoms with Crippen molar-refractivity contribution in [1.82, 2.24) is 15.3 Å². The first-order valence-electron chi connectivity index (χ1n) is 11.6. The monoisotopic (exact) mass is 501 g/mol. The highest BCUT2D eigenvalue weighted by Gasteiger charge is 2.31. The van der Waals surface area contributed by atoms with Gasteiger partial charge in [-0.3, -0.25) is 9.69 Å². The van der Waals surface area contributed by atoms with Crippen molar-refractivity contribution in [1.29, 1.82) is 0 Å². The van der Waals surface area contributed by atoms with Crippen LogP contribution < -0.4 is 20.8 Å². The topological polar surface area (TPSA) is 95.2 Å². The largest absolute Gasteiger partial charge is 0.492 e. The normalized spacial score (nSPS) is 17.6. The van der Waals surface area contributed by atoms with Crippen LogP contribution in [0.25, 0.3) is 5.70 Å². The van der Waals surface area contributed by atoms with Crippen LogP contribution in [0.15, 0.2) is 42.5 Å². The van der Waals surface area contributed by atoms with Gasteiger partial charge in [0.2, 0.25) is 0 Å². The third-order valence-corrected chi connectivity index (χ3v) is 6.15. The lowest BCUT2D eigenvalue weighted by Crippen LogP contribution is -2.39. The predicted molar refractivity (Wildman–Crippen MR) is 131 cm³/mol. The Hall–Kier alpha value is -3.70. The Kier molecular flexibility index (Phi) is 8.01. The number of nitrogens with one attached hydrogen (secondary N) is 3. The van der Waals surface area contributed by atoms with Crippen LogP contribution in [0, 0.1) is 11.6 Å². The number of esters is 1. The van der Waals surface area contributed by atoms with Crippen LogP contribution in [0.3, 0.4) is 0 Å². The van der Waals surface area contributed by atoms with E-state index in [1.165, 1.54) is 7.11 Å². The molecule has 0 saturated carbocycles. The lowest BCUT2D eigenvalue weighted by atomic mass is 10.1. The van der Waals surface area contributed by atoms with Gasteiger partial charge < -0.3 is 25.1 Å². The minimum absolute atomic E-state index is 0.135. The minimum Gasteiger partial charge on any atom is -0.492 e. The summed E-state index contributed by atoms with van der Waals surface area (Å²) in [7, 11) is 3.27. The average Bonchev–Trinajstić information content (AvgIpc) is 3.50. The van der Waals surface area contributed by atoms with E-state index in [1.807, 2.05) is 18.1 Å². The molecular weight excluding hydrogens is 472 g/mol. The first kappa shape index (κ1) is 25.4. The minimum atomic E-state index is -0.870. The second-order valence-corrected chi connectivity index (χ2v) is 8.49. The number of hydrogen-bond acceptors (Lipinski definition) is 7. The number of ether oxygens (including phenoxy) is 2. The van der Waals surface area contributed by atoms with E-state index < -0.39 is 17.7 Å². The highest BCUT2D eigenvalue weighted by molar-refractivity contribution is 6.00. The van der Waals surface area contributed by atoms with Gasteiger partial charge in [-0.2, -0.15) is 0 Å². The van der Waals surface area contributed by atoms with Crippen LogP contribution in [-0.4, -0.2) is 68.3 Å². The van der Waals surface area contributed by atoms with Crippen molar-refractivity contribution < 1.29 is 27.8 Å². The standard InChI is InChI=1S/C25H29F2N5O4/c1-31-21(9-10-28-31)18-15-17(29-25(34)30-20-7-5-16(26)14-19(20)27)6-8-23(18)36-13-12-32-11-3-4-22(32)24(33)35-2/h5-9,14-15,22,28H,3-4,10-13H2,1-2H3,(H2,29,30,34). The molecule has 2 aromatic carbocycles. The van der Waals surface area contributed by atoms with Gasteiger partial charge in [0.05, 0.1) is 18.5 Å². The molecule has 3 N–H and O–H groups in total. The van der Waals surface area contributed by atoms with Crippen molar-refractivity contribution >= 4 is 29.1 Å². The second-order valence-electron chi connectivity index (χ2n) is 8.49. The molecule has 0 aromatic heterocycles. The first-order valence-corrected chi connectivity index (χ1v) is 11.6. The van der Waals surface area contributed by atoms with Crippen LogP contribution in [-0.2, 0) is 9.53 Å². The molecule has 1 unspecified atom stereocenters. The molecule has 0 aliphatic carbocycles. The van der Waals surface area contributed by atoms with Crippen molar-refractivity contribution in [3.8, 4) is 5.75 Å². The summed E-state index contributed by atoms with van der Waals surface area (Å²) in [5, 5.41) is 6.91. The van der Waals surface area contributed by atoms with Crippen molar-refractivity contribution in [2.24, 2.45) is 0 Å². The lowest BCUT2D eigenvalue weighted by molar-refractivity contribution is -0.145. The smallest absolute Gasteiger partial charge is 0.323 e.